The monoisotopic (exact) mass is 426 g/mol. The quantitative estimate of drug-likeness (QED) is 0.584. The summed E-state index contributed by atoms with van der Waals surface area (Å²) in [6.45, 7) is 2.01. The molecule has 3 aromatic rings. The van der Waals surface area contributed by atoms with Gasteiger partial charge in [0.25, 0.3) is 5.91 Å². The van der Waals surface area contributed by atoms with Crippen molar-refractivity contribution < 1.29 is 18.0 Å². The third kappa shape index (κ3) is 5.39. The third-order valence-corrected chi connectivity index (χ3v) is 4.90. The van der Waals surface area contributed by atoms with Gasteiger partial charge in [0.05, 0.1) is 5.56 Å². The zero-order chi connectivity index (χ0) is 22.0. The van der Waals surface area contributed by atoms with Gasteiger partial charge in [-0.25, -0.2) is 9.97 Å². The predicted molar refractivity (Wildman–Crippen MR) is 111 cm³/mol. The third-order valence-electron chi connectivity index (χ3n) is 4.90. The number of hydrogen-bond donors (Lipinski definition) is 2. The molecule has 5 nitrogen and oxygen atoms in total. The van der Waals surface area contributed by atoms with Crippen molar-refractivity contribution in [2.24, 2.45) is 0 Å². The molecule has 1 amide bonds. The van der Waals surface area contributed by atoms with Crippen LogP contribution in [0.3, 0.4) is 0 Å². The second-order valence-corrected chi connectivity index (χ2v) is 7.59. The van der Waals surface area contributed by atoms with Crippen molar-refractivity contribution in [3.8, 4) is 11.4 Å². The first-order valence-electron chi connectivity index (χ1n) is 9.95. The van der Waals surface area contributed by atoms with Gasteiger partial charge in [-0.2, -0.15) is 13.2 Å². The molecule has 1 aromatic heterocycles. The molecule has 0 radical (unpaired) electrons. The van der Waals surface area contributed by atoms with Gasteiger partial charge in [-0.05, 0) is 49.6 Å². The molecule has 2 aromatic carbocycles. The maximum absolute atomic E-state index is 12.9. The maximum atomic E-state index is 12.9. The number of aryl methyl sites for hydroxylation is 1. The summed E-state index contributed by atoms with van der Waals surface area (Å²) in [6.07, 6.45) is -2.33. The standard InChI is InChI=1S/C23H21F3N4O/c1-14-11-20(27-13-15-3-2-4-18(12-15)23(24,25)26)30-21(28-14)16-5-7-17(8-6-16)22(31)29-19-9-10-19/h2-8,11-12,19H,9-10,13H2,1H3,(H,29,31)(H,27,28,30). The molecule has 0 saturated heterocycles. The minimum absolute atomic E-state index is 0.0948. The van der Waals surface area contributed by atoms with Gasteiger partial charge >= 0.3 is 6.18 Å². The van der Waals surface area contributed by atoms with E-state index in [9.17, 15) is 18.0 Å². The average Bonchev–Trinajstić information content (AvgIpc) is 3.55. The first-order chi connectivity index (χ1) is 14.8. The summed E-state index contributed by atoms with van der Waals surface area (Å²) in [6, 6.07) is 14.2. The molecule has 8 heteroatoms. The van der Waals surface area contributed by atoms with Crippen LogP contribution in [-0.4, -0.2) is 21.9 Å². The van der Waals surface area contributed by atoms with E-state index in [1.165, 1.54) is 6.07 Å². The molecular formula is C23H21F3N4O. The number of benzene rings is 2. The summed E-state index contributed by atoms with van der Waals surface area (Å²) >= 11 is 0. The van der Waals surface area contributed by atoms with Crippen LogP contribution >= 0.6 is 0 Å². The fourth-order valence-electron chi connectivity index (χ4n) is 3.11. The van der Waals surface area contributed by atoms with Crippen molar-refractivity contribution >= 4 is 11.7 Å². The van der Waals surface area contributed by atoms with Gasteiger partial charge < -0.3 is 10.6 Å². The molecule has 160 valence electrons. The Hall–Kier alpha value is -3.42. The Labute approximate surface area is 177 Å². The van der Waals surface area contributed by atoms with Gasteiger partial charge in [0.15, 0.2) is 5.82 Å². The zero-order valence-electron chi connectivity index (χ0n) is 16.8. The molecule has 0 bridgehead atoms. The summed E-state index contributed by atoms with van der Waals surface area (Å²) in [5, 5.41) is 6.01. The Morgan fingerprint density at radius 1 is 1.06 bits per heavy atom. The Morgan fingerprint density at radius 2 is 1.81 bits per heavy atom. The number of aromatic nitrogens is 2. The lowest BCUT2D eigenvalue weighted by Crippen LogP contribution is -2.25. The highest BCUT2D eigenvalue weighted by Gasteiger charge is 2.30. The number of carbonyl (C=O) groups excluding carboxylic acids is 1. The number of nitrogens with one attached hydrogen (secondary N) is 2. The van der Waals surface area contributed by atoms with E-state index < -0.39 is 11.7 Å². The van der Waals surface area contributed by atoms with Gasteiger partial charge in [0.2, 0.25) is 0 Å². The first-order valence-corrected chi connectivity index (χ1v) is 9.95. The molecule has 1 heterocycles. The van der Waals surface area contributed by atoms with Crippen molar-refractivity contribution in [2.75, 3.05) is 5.32 Å². The number of amides is 1. The summed E-state index contributed by atoms with van der Waals surface area (Å²) in [7, 11) is 0. The SMILES string of the molecule is Cc1cc(NCc2cccc(C(F)(F)F)c2)nc(-c2ccc(C(=O)NC3CC3)cc2)n1. The predicted octanol–water partition coefficient (Wildman–Crippen LogP) is 4.98. The van der Waals surface area contributed by atoms with Crippen LogP contribution in [0.2, 0.25) is 0 Å². The Balaban J connectivity index is 1.47. The molecule has 1 saturated carbocycles. The molecule has 0 aliphatic heterocycles. The summed E-state index contributed by atoms with van der Waals surface area (Å²) in [5.74, 6) is 0.888. The zero-order valence-corrected chi connectivity index (χ0v) is 16.8. The minimum Gasteiger partial charge on any atom is -0.366 e. The van der Waals surface area contributed by atoms with Crippen LogP contribution < -0.4 is 10.6 Å². The molecule has 1 fully saturated rings. The van der Waals surface area contributed by atoms with E-state index in [1.807, 2.05) is 6.92 Å². The Kier molecular flexibility index (Phi) is 5.63. The normalized spacial score (nSPS) is 13.7. The molecule has 1 aliphatic rings. The second kappa shape index (κ2) is 8.37. The highest BCUT2D eigenvalue weighted by Crippen LogP contribution is 2.29. The van der Waals surface area contributed by atoms with Crippen LogP contribution in [-0.2, 0) is 12.7 Å². The van der Waals surface area contributed by atoms with Crippen LogP contribution in [0.1, 0.15) is 40.0 Å². The van der Waals surface area contributed by atoms with Gasteiger partial charge in [-0.15, -0.1) is 0 Å². The highest BCUT2D eigenvalue weighted by molar-refractivity contribution is 5.95. The van der Waals surface area contributed by atoms with Crippen LogP contribution in [0.4, 0.5) is 19.0 Å². The number of alkyl halides is 3. The number of hydrogen-bond acceptors (Lipinski definition) is 4. The topological polar surface area (TPSA) is 66.9 Å². The number of anilines is 1. The summed E-state index contributed by atoms with van der Waals surface area (Å²) < 4.78 is 38.7. The van der Waals surface area contributed by atoms with E-state index in [2.05, 4.69) is 20.6 Å². The first kappa shape index (κ1) is 20.8. The van der Waals surface area contributed by atoms with Crippen LogP contribution in [0.15, 0.2) is 54.6 Å². The number of halogens is 3. The van der Waals surface area contributed by atoms with Crippen molar-refractivity contribution in [1.82, 2.24) is 15.3 Å². The van der Waals surface area contributed by atoms with Gasteiger partial charge in [0, 0.05) is 35.5 Å². The summed E-state index contributed by atoms with van der Waals surface area (Å²) in [4.78, 5) is 21.1. The van der Waals surface area contributed by atoms with Crippen molar-refractivity contribution in [2.45, 2.75) is 38.5 Å². The van der Waals surface area contributed by atoms with Crippen LogP contribution in [0.25, 0.3) is 11.4 Å². The Morgan fingerprint density at radius 3 is 2.48 bits per heavy atom. The van der Waals surface area contributed by atoms with E-state index in [1.54, 1.807) is 36.4 Å². The molecule has 2 N–H and O–H groups in total. The van der Waals surface area contributed by atoms with Gasteiger partial charge in [-0.3, -0.25) is 4.79 Å². The van der Waals surface area contributed by atoms with Gasteiger partial charge in [-0.1, -0.05) is 24.3 Å². The largest absolute Gasteiger partial charge is 0.416 e. The van der Waals surface area contributed by atoms with Crippen LogP contribution in [0, 0.1) is 6.92 Å². The molecular weight excluding hydrogens is 405 g/mol. The van der Waals surface area contributed by atoms with Crippen molar-refractivity contribution in [3.05, 3.63) is 77.0 Å². The number of carbonyl (C=O) groups is 1. The maximum Gasteiger partial charge on any atom is 0.416 e. The molecule has 0 spiro atoms. The molecule has 1 aliphatic carbocycles. The molecule has 4 rings (SSSR count). The van der Waals surface area contributed by atoms with Crippen molar-refractivity contribution in [3.63, 3.8) is 0 Å². The fourth-order valence-corrected chi connectivity index (χ4v) is 3.11. The number of rotatable bonds is 6. The van der Waals surface area contributed by atoms with E-state index in [4.69, 9.17) is 0 Å². The van der Waals surface area contributed by atoms with E-state index in [0.717, 1.165) is 30.5 Å². The fraction of sp³-hybridized carbons (Fsp3) is 0.261. The lowest BCUT2D eigenvalue weighted by Gasteiger charge is -2.11. The molecule has 0 unspecified atom stereocenters. The van der Waals surface area contributed by atoms with E-state index in [-0.39, 0.29) is 18.5 Å². The summed E-state index contributed by atoms with van der Waals surface area (Å²) in [5.41, 5.74) is 1.85. The molecule has 0 atom stereocenters. The second-order valence-electron chi connectivity index (χ2n) is 7.59. The van der Waals surface area contributed by atoms with Crippen LogP contribution in [0.5, 0.6) is 0 Å². The van der Waals surface area contributed by atoms with Crippen molar-refractivity contribution in [1.29, 1.82) is 0 Å². The minimum atomic E-state index is -4.38. The smallest absolute Gasteiger partial charge is 0.366 e. The Bertz CT molecular complexity index is 1090. The van der Waals surface area contributed by atoms with E-state index in [0.29, 0.717) is 28.5 Å². The van der Waals surface area contributed by atoms with Gasteiger partial charge in [0.1, 0.15) is 5.82 Å². The lowest BCUT2D eigenvalue weighted by molar-refractivity contribution is -0.137. The average molecular weight is 426 g/mol. The number of nitrogens with zero attached hydrogens (tertiary/aromatic N) is 2. The lowest BCUT2D eigenvalue weighted by atomic mass is 10.1. The molecule has 31 heavy (non-hydrogen) atoms. The van der Waals surface area contributed by atoms with E-state index >= 15 is 0 Å². The highest BCUT2D eigenvalue weighted by atomic mass is 19.4.